The number of nitrogens with zero attached hydrogens (tertiary/aromatic N) is 5. The summed E-state index contributed by atoms with van der Waals surface area (Å²) in [6, 6.07) is 7.14. The van der Waals surface area contributed by atoms with Gasteiger partial charge in [-0.05, 0) is 31.9 Å². The molecular weight excluding hydrogens is 364 g/mol. The van der Waals surface area contributed by atoms with Gasteiger partial charge in [0.1, 0.15) is 11.5 Å². The zero-order valence-electron chi connectivity index (χ0n) is 15.0. The van der Waals surface area contributed by atoms with E-state index in [1.54, 1.807) is 10.5 Å². The molecule has 0 atom stereocenters. The Hall–Kier alpha value is -2.68. The number of carbonyl (C=O) groups excluding carboxylic acids is 1. The lowest BCUT2D eigenvalue weighted by Crippen LogP contribution is -2.17. The fraction of sp³-hybridized carbons (Fsp3) is 0.389. The Morgan fingerprint density at radius 1 is 1.33 bits per heavy atom. The lowest BCUT2D eigenvalue weighted by molar-refractivity contribution is -0.118. The van der Waals surface area contributed by atoms with Gasteiger partial charge in [-0.3, -0.25) is 14.0 Å². The number of amides is 1. The number of pyridine rings is 1. The van der Waals surface area contributed by atoms with Crippen LogP contribution in [0.3, 0.4) is 0 Å². The summed E-state index contributed by atoms with van der Waals surface area (Å²) in [7, 11) is 0. The summed E-state index contributed by atoms with van der Waals surface area (Å²) in [5, 5.41) is 9.31. The highest BCUT2D eigenvalue weighted by molar-refractivity contribution is 7.98. The maximum atomic E-state index is 12.4. The molecule has 0 saturated heterocycles. The topological polar surface area (TPSA) is 108 Å². The van der Waals surface area contributed by atoms with Crippen LogP contribution < -0.4 is 11.3 Å². The molecule has 3 heterocycles. The number of fused-ring (bicyclic) bond motifs is 1. The first-order valence-corrected chi connectivity index (χ1v) is 9.84. The van der Waals surface area contributed by atoms with Crippen molar-refractivity contribution in [3.05, 3.63) is 51.8 Å². The molecule has 1 fully saturated rings. The van der Waals surface area contributed by atoms with Crippen molar-refractivity contribution in [2.45, 2.75) is 49.6 Å². The van der Waals surface area contributed by atoms with Crippen LogP contribution in [0.2, 0.25) is 0 Å². The number of aromatic nitrogens is 5. The van der Waals surface area contributed by atoms with Gasteiger partial charge in [0.15, 0.2) is 5.16 Å². The van der Waals surface area contributed by atoms with Gasteiger partial charge in [0.2, 0.25) is 5.91 Å². The van der Waals surface area contributed by atoms with E-state index in [-0.39, 0.29) is 17.9 Å². The third-order valence-corrected chi connectivity index (χ3v) is 5.55. The predicted molar refractivity (Wildman–Crippen MR) is 102 cm³/mol. The van der Waals surface area contributed by atoms with Crippen LogP contribution in [-0.2, 0) is 17.1 Å². The zero-order chi connectivity index (χ0) is 19.0. The van der Waals surface area contributed by atoms with Crippen LogP contribution >= 0.6 is 11.8 Å². The number of rotatable bonds is 7. The van der Waals surface area contributed by atoms with E-state index in [1.807, 2.05) is 29.7 Å². The van der Waals surface area contributed by atoms with Crippen molar-refractivity contribution in [1.29, 1.82) is 0 Å². The summed E-state index contributed by atoms with van der Waals surface area (Å²) in [5.74, 6) is 1.49. The molecule has 1 amide bonds. The van der Waals surface area contributed by atoms with E-state index in [0.29, 0.717) is 29.6 Å². The maximum absolute atomic E-state index is 12.4. The Morgan fingerprint density at radius 2 is 2.15 bits per heavy atom. The third-order valence-electron chi connectivity index (χ3n) is 4.55. The average Bonchev–Trinajstić information content (AvgIpc) is 3.38. The van der Waals surface area contributed by atoms with E-state index < -0.39 is 0 Å². The number of hydrogen-bond acceptors (Lipinski definition) is 6. The van der Waals surface area contributed by atoms with Crippen molar-refractivity contribution >= 4 is 23.3 Å². The van der Waals surface area contributed by atoms with E-state index in [4.69, 9.17) is 5.73 Å². The highest BCUT2D eigenvalue weighted by Gasteiger charge is 2.30. The van der Waals surface area contributed by atoms with Crippen molar-refractivity contribution in [2.75, 3.05) is 0 Å². The molecular formula is C18H20N6O2S. The molecule has 0 bridgehead atoms. The highest BCUT2D eigenvalue weighted by Crippen LogP contribution is 2.40. The normalized spacial score (nSPS) is 14.0. The Labute approximate surface area is 159 Å². The summed E-state index contributed by atoms with van der Waals surface area (Å²) >= 11 is 1.47. The summed E-state index contributed by atoms with van der Waals surface area (Å²) in [5.41, 5.74) is 7.38. The Morgan fingerprint density at radius 3 is 2.89 bits per heavy atom. The quantitative estimate of drug-likeness (QED) is 0.621. The summed E-state index contributed by atoms with van der Waals surface area (Å²) < 4.78 is 3.57. The molecule has 1 saturated carbocycles. The molecule has 0 spiro atoms. The fourth-order valence-corrected chi connectivity index (χ4v) is 3.92. The van der Waals surface area contributed by atoms with Gasteiger partial charge in [-0.15, -0.1) is 10.2 Å². The van der Waals surface area contributed by atoms with Crippen molar-refractivity contribution in [3.63, 3.8) is 0 Å². The number of thioether (sulfide) groups is 1. The van der Waals surface area contributed by atoms with Crippen LogP contribution in [0.4, 0.5) is 0 Å². The second-order valence-corrected chi connectivity index (χ2v) is 7.66. The largest absolute Gasteiger partial charge is 0.370 e. The lowest BCUT2D eigenvalue weighted by atomic mass is 10.3. The number of carbonyl (C=O) groups is 1. The zero-order valence-corrected chi connectivity index (χ0v) is 15.8. The van der Waals surface area contributed by atoms with Gasteiger partial charge in [-0.25, -0.2) is 4.98 Å². The maximum Gasteiger partial charge on any atom is 0.258 e. The van der Waals surface area contributed by atoms with Gasteiger partial charge in [0.05, 0.1) is 5.69 Å². The second kappa shape index (κ2) is 7.15. The van der Waals surface area contributed by atoms with Crippen LogP contribution in [0.1, 0.15) is 42.4 Å². The van der Waals surface area contributed by atoms with Crippen molar-refractivity contribution < 1.29 is 4.79 Å². The molecule has 2 N–H and O–H groups in total. The van der Waals surface area contributed by atoms with E-state index in [1.165, 1.54) is 11.8 Å². The lowest BCUT2D eigenvalue weighted by Gasteiger charge is -2.09. The first-order valence-electron chi connectivity index (χ1n) is 8.85. The van der Waals surface area contributed by atoms with Gasteiger partial charge in [0.25, 0.3) is 5.56 Å². The van der Waals surface area contributed by atoms with Gasteiger partial charge in [-0.1, -0.05) is 17.8 Å². The molecule has 9 heteroatoms. The molecule has 0 unspecified atom stereocenters. The minimum absolute atomic E-state index is 0.0948. The smallest absolute Gasteiger partial charge is 0.258 e. The third kappa shape index (κ3) is 3.73. The van der Waals surface area contributed by atoms with Crippen LogP contribution in [-0.4, -0.2) is 30.1 Å². The molecule has 4 rings (SSSR count). The monoisotopic (exact) mass is 384 g/mol. The van der Waals surface area contributed by atoms with Crippen LogP contribution in [0, 0.1) is 6.92 Å². The van der Waals surface area contributed by atoms with Gasteiger partial charge < -0.3 is 10.3 Å². The van der Waals surface area contributed by atoms with Gasteiger partial charge in [-0.2, -0.15) is 0 Å². The Balaban J connectivity index is 1.57. The molecule has 8 nitrogen and oxygen atoms in total. The molecule has 1 aliphatic rings. The summed E-state index contributed by atoms with van der Waals surface area (Å²) in [6.07, 6.45) is 2.45. The molecule has 1 aliphatic carbocycles. The first-order chi connectivity index (χ1) is 13.0. The molecule has 3 aromatic rings. The van der Waals surface area contributed by atoms with E-state index in [2.05, 4.69) is 15.2 Å². The average molecular weight is 384 g/mol. The SMILES string of the molecule is Cc1cccc2nc(CSc3nnc(C4CC4)n3CCC(N)=O)cc(=O)n12. The fourth-order valence-electron chi connectivity index (χ4n) is 3.06. The molecule has 0 aliphatic heterocycles. The van der Waals surface area contributed by atoms with E-state index in [0.717, 1.165) is 29.5 Å². The van der Waals surface area contributed by atoms with Crippen LogP contribution in [0.25, 0.3) is 5.65 Å². The van der Waals surface area contributed by atoms with Gasteiger partial charge >= 0.3 is 0 Å². The number of primary amides is 1. The van der Waals surface area contributed by atoms with Crippen molar-refractivity contribution in [1.82, 2.24) is 24.1 Å². The summed E-state index contributed by atoms with van der Waals surface area (Å²) in [4.78, 5) is 28.2. The Bertz CT molecular complexity index is 1070. The standard InChI is InChI=1S/C18H20N6O2S/c1-11-3-2-4-15-20-13(9-16(26)24(11)15)10-27-18-22-21-17(12-5-6-12)23(18)8-7-14(19)25/h2-4,9,12H,5-8,10H2,1H3,(H2,19,25). The van der Waals surface area contributed by atoms with Crippen LogP contribution in [0.5, 0.6) is 0 Å². The first kappa shape index (κ1) is 17.7. The van der Waals surface area contributed by atoms with E-state index >= 15 is 0 Å². The number of hydrogen-bond donors (Lipinski definition) is 1. The van der Waals surface area contributed by atoms with Crippen LogP contribution in [0.15, 0.2) is 34.2 Å². The molecule has 27 heavy (non-hydrogen) atoms. The summed E-state index contributed by atoms with van der Waals surface area (Å²) in [6.45, 7) is 2.36. The van der Waals surface area contributed by atoms with Crippen molar-refractivity contribution in [3.8, 4) is 0 Å². The van der Waals surface area contributed by atoms with Crippen molar-refractivity contribution in [2.24, 2.45) is 5.73 Å². The molecule has 3 aromatic heterocycles. The van der Waals surface area contributed by atoms with Gasteiger partial charge in [0, 0.05) is 36.4 Å². The Kier molecular flexibility index (Phi) is 4.69. The second-order valence-electron chi connectivity index (χ2n) is 6.72. The predicted octanol–water partition coefficient (Wildman–Crippen LogP) is 1.64. The highest BCUT2D eigenvalue weighted by atomic mass is 32.2. The number of nitrogens with two attached hydrogens (primary N) is 1. The van der Waals surface area contributed by atoms with E-state index in [9.17, 15) is 9.59 Å². The molecule has 0 radical (unpaired) electrons. The molecule has 140 valence electrons. The molecule has 0 aromatic carbocycles. The number of aryl methyl sites for hydroxylation is 1. The minimum Gasteiger partial charge on any atom is -0.370 e. The minimum atomic E-state index is -0.346.